The number of aryl methyl sites for hydroxylation is 1. The van der Waals surface area contributed by atoms with Crippen LogP contribution in [0.5, 0.6) is 0 Å². The molecule has 1 N–H and O–H groups in total. The fourth-order valence-electron chi connectivity index (χ4n) is 3.22. The van der Waals surface area contributed by atoms with Gasteiger partial charge in [-0.05, 0) is 37.3 Å². The number of nitrogens with one attached hydrogen (secondary N) is 1. The Hall–Kier alpha value is -1.78. The van der Waals surface area contributed by atoms with E-state index < -0.39 is 0 Å². The molecule has 1 aliphatic heterocycles. The average molecular weight is 334 g/mol. The molecule has 5 nitrogen and oxygen atoms in total. The van der Waals surface area contributed by atoms with Crippen LogP contribution in [-0.4, -0.2) is 29.8 Å². The van der Waals surface area contributed by atoms with Gasteiger partial charge in [0.25, 0.3) is 0 Å². The van der Waals surface area contributed by atoms with Crippen molar-refractivity contribution in [3.05, 3.63) is 23.7 Å². The second-order valence-corrected chi connectivity index (χ2v) is 7.79. The molecule has 0 saturated carbocycles. The molecular formula is C19H30N2O3. The Labute approximate surface area is 144 Å². The van der Waals surface area contributed by atoms with Crippen LogP contribution in [0.4, 0.5) is 0 Å². The summed E-state index contributed by atoms with van der Waals surface area (Å²) in [6, 6.07) is 3.66. The zero-order valence-electron chi connectivity index (χ0n) is 15.5. The van der Waals surface area contributed by atoms with Crippen molar-refractivity contribution in [2.24, 2.45) is 11.3 Å². The zero-order valence-corrected chi connectivity index (χ0v) is 15.5. The maximum Gasteiger partial charge on any atom is 0.225 e. The summed E-state index contributed by atoms with van der Waals surface area (Å²) < 4.78 is 5.76. The molecule has 1 aromatic heterocycles. The largest absolute Gasteiger partial charge is 0.464 e. The third kappa shape index (κ3) is 4.40. The fourth-order valence-corrected chi connectivity index (χ4v) is 3.22. The van der Waals surface area contributed by atoms with Crippen molar-refractivity contribution in [2.75, 3.05) is 13.1 Å². The van der Waals surface area contributed by atoms with Gasteiger partial charge in [0.05, 0.1) is 12.0 Å². The normalized spacial score (nSPS) is 19.9. The van der Waals surface area contributed by atoms with Crippen molar-refractivity contribution in [2.45, 2.75) is 59.9 Å². The molecule has 2 rings (SSSR count). The monoisotopic (exact) mass is 334 g/mol. The summed E-state index contributed by atoms with van der Waals surface area (Å²) in [4.78, 5) is 26.5. The molecule has 134 valence electrons. The molecule has 1 saturated heterocycles. The summed E-state index contributed by atoms with van der Waals surface area (Å²) in [7, 11) is 0. The van der Waals surface area contributed by atoms with E-state index >= 15 is 0 Å². The highest BCUT2D eigenvalue weighted by Crippen LogP contribution is 2.34. The highest BCUT2D eigenvalue weighted by molar-refractivity contribution is 5.81. The number of nitrogens with zero attached hydrogens (tertiary/aromatic N) is 1. The van der Waals surface area contributed by atoms with Crippen molar-refractivity contribution >= 4 is 11.8 Å². The van der Waals surface area contributed by atoms with Crippen LogP contribution in [0.2, 0.25) is 0 Å². The number of hydrogen-bond donors (Lipinski definition) is 1. The first-order chi connectivity index (χ1) is 11.2. The standard InChI is InChI=1S/C19H30N2O3/c1-6-16(22)21-11-7-8-14(12-21)18(23)20-17(19(3,4)5)15-10-9-13(2)24-15/h9-10,14,17H,6-8,11-12H2,1-5H3,(H,20,23)/t14-,17-/m0/s1. The maximum atomic E-state index is 12.8. The van der Waals surface area contributed by atoms with E-state index in [0.717, 1.165) is 30.9 Å². The second-order valence-electron chi connectivity index (χ2n) is 7.79. The second kappa shape index (κ2) is 7.41. The smallest absolute Gasteiger partial charge is 0.225 e. The summed E-state index contributed by atoms with van der Waals surface area (Å²) in [6.45, 7) is 11.3. The number of amides is 2. The molecule has 5 heteroatoms. The lowest BCUT2D eigenvalue weighted by atomic mass is 9.84. The first-order valence-corrected chi connectivity index (χ1v) is 8.87. The molecule has 1 aliphatic rings. The van der Waals surface area contributed by atoms with Crippen LogP contribution in [0.1, 0.15) is 64.5 Å². The molecule has 0 aliphatic carbocycles. The molecule has 0 radical (unpaired) electrons. The molecule has 24 heavy (non-hydrogen) atoms. The predicted molar refractivity (Wildman–Crippen MR) is 93.4 cm³/mol. The minimum Gasteiger partial charge on any atom is -0.464 e. The Morgan fingerprint density at radius 2 is 2.08 bits per heavy atom. The number of piperidine rings is 1. The predicted octanol–water partition coefficient (Wildman–Crippen LogP) is 3.44. The van der Waals surface area contributed by atoms with Gasteiger partial charge in [-0.25, -0.2) is 0 Å². The first-order valence-electron chi connectivity index (χ1n) is 8.87. The molecular weight excluding hydrogens is 304 g/mol. The minimum absolute atomic E-state index is 0.0116. The van der Waals surface area contributed by atoms with Crippen molar-refractivity contribution in [1.29, 1.82) is 0 Å². The summed E-state index contributed by atoms with van der Waals surface area (Å²) in [5.41, 5.74) is -0.159. The van der Waals surface area contributed by atoms with Crippen LogP contribution in [-0.2, 0) is 9.59 Å². The highest BCUT2D eigenvalue weighted by atomic mass is 16.3. The number of furan rings is 1. The topological polar surface area (TPSA) is 62.6 Å². The fraction of sp³-hybridized carbons (Fsp3) is 0.684. The van der Waals surface area contributed by atoms with Gasteiger partial charge < -0.3 is 14.6 Å². The van der Waals surface area contributed by atoms with Crippen LogP contribution in [0.25, 0.3) is 0 Å². The minimum atomic E-state index is -0.184. The van der Waals surface area contributed by atoms with Crippen molar-refractivity contribution < 1.29 is 14.0 Å². The van der Waals surface area contributed by atoms with Crippen LogP contribution in [0.15, 0.2) is 16.5 Å². The third-order valence-electron chi connectivity index (χ3n) is 4.65. The van der Waals surface area contributed by atoms with E-state index in [9.17, 15) is 9.59 Å². The van der Waals surface area contributed by atoms with Crippen molar-refractivity contribution in [3.63, 3.8) is 0 Å². The number of carbonyl (C=O) groups is 2. The van der Waals surface area contributed by atoms with Gasteiger partial charge in [0.15, 0.2) is 0 Å². The third-order valence-corrected chi connectivity index (χ3v) is 4.65. The lowest BCUT2D eigenvalue weighted by molar-refractivity contribution is -0.136. The van der Waals surface area contributed by atoms with Gasteiger partial charge in [0.2, 0.25) is 11.8 Å². The van der Waals surface area contributed by atoms with E-state index in [2.05, 4.69) is 26.1 Å². The number of likely N-dealkylation sites (tertiary alicyclic amines) is 1. The van der Waals surface area contributed by atoms with Crippen LogP contribution in [0, 0.1) is 18.3 Å². The molecule has 0 spiro atoms. The highest BCUT2D eigenvalue weighted by Gasteiger charge is 2.34. The summed E-state index contributed by atoms with van der Waals surface area (Å²) >= 11 is 0. The van der Waals surface area contributed by atoms with E-state index in [1.165, 1.54) is 0 Å². The Morgan fingerprint density at radius 3 is 2.62 bits per heavy atom. The summed E-state index contributed by atoms with van der Waals surface area (Å²) in [6.07, 6.45) is 2.20. The average Bonchev–Trinajstić information content (AvgIpc) is 2.96. The van der Waals surface area contributed by atoms with Crippen LogP contribution in [0.3, 0.4) is 0 Å². The van der Waals surface area contributed by atoms with E-state index in [4.69, 9.17) is 4.42 Å². The van der Waals surface area contributed by atoms with Gasteiger partial charge in [-0.15, -0.1) is 0 Å². The molecule has 0 unspecified atom stereocenters. The maximum absolute atomic E-state index is 12.8. The molecule has 1 aromatic rings. The molecule has 0 bridgehead atoms. The SMILES string of the molecule is CCC(=O)N1CCC[C@H](C(=O)N[C@@H](c2ccc(C)o2)C(C)(C)C)C1. The van der Waals surface area contributed by atoms with E-state index in [0.29, 0.717) is 13.0 Å². The molecule has 2 heterocycles. The Morgan fingerprint density at radius 1 is 1.38 bits per heavy atom. The number of rotatable bonds is 4. The zero-order chi connectivity index (χ0) is 17.9. The van der Waals surface area contributed by atoms with Gasteiger partial charge in [0.1, 0.15) is 11.5 Å². The summed E-state index contributed by atoms with van der Waals surface area (Å²) in [5.74, 6) is 1.62. The van der Waals surface area contributed by atoms with E-state index in [1.54, 1.807) is 0 Å². The van der Waals surface area contributed by atoms with Gasteiger partial charge in [-0.2, -0.15) is 0 Å². The Bertz CT molecular complexity index is 586. The van der Waals surface area contributed by atoms with Gasteiger partial charge in [-0.3, -0.25) is 9.59 Å². The van der Waals surface area contributed by atoms with Gasteiger partial charge in [0, 0.05) is 19.5 Å². The van der Waals surface area contributed by atoms with Gasteiger partial charge in [-0.1, -0.05) is 27.7 Å². The van der Waals surface area contributed by atoms with Crippen molar-refractivity contribution in [1.82, 2.24) is 10.2 Å². The van der Waals surface area contributed by atoms with Crippen LogP contribution < -0.4 is 5.32 Å². The molecule has 1 fully saturated rings. The van der Waals surface area contributed by atoms with E-state index in [1.807, 2.05) is 30.9 Å². The molecule has 2 atom stereocenters. The quantitative estimate of drug-likeness (QED) is 0.917. The molecule has 0 aromatic carbocycles. The lowest BCUT2D eigenvalue weighted by Gasteiger charge is -2.35. The Kier molecular flexibility index (Phi) is 5.73. The Balaban J connectivity index is 2.09. The van der Waals surface area contributed by atoms with Crippen molar-refractivity contribution in [3.8, 4) is 0 Å². The van der Waals surface area contributed by atoms with Gasteiger partial charge >= 0.3 is 0 Å². The van der Waals surface area contributed by atoms with Crippen LogP contribution >= 0.6 is 0 Å². The first kappa shape index (κ1) is 18.6. The summed E-state index contributed by atoms with van der Waals surface area (Å²) in [5, 5.41) is 3.16. The number of carbonyl (C=O) groups excluding carboxylic acids is 2. The number of hydrogen-bond acceptors (Lipinski definition) is 3. The molecule has 2 amide bonds. The van der Waals surface area contributed by atoms with E-state index in [-0.39, 0.29) is 29.2 Å². The lowest BCUT2D eigenvalue weighted by Crippen LogP contribution is -2.47.